The van der Waals surface area contributed by atoms with Crippen molar-refractivity contribution in [1.29, 1.82) is 0 Å². The maximum atomic E-state index is 13.3. The SMILES string of the molecule is O=C1C(=O)N(CCN2CCOCC2)[C@@H](c2cccnc2)/C1=C(\O)c1ccc(F)cc1. The average Bonchev–Trinajstić information content (AvgIpc) is 3.04. The second-order valence-corrected chi connectivity index (χ2v) is 7.24. The molecule has 0 unspecified atom stereocenters. The molecule has 2 aromatic rings. The van der Waals surface area contributed by atoms with Crippen molar-refractivity contribution in [3.63, 3.8) is 0 Å². The molecule has 30 heavy (non-hydrogen) atoms. The average molecular weight is 411 g/mol. The number of nitrogens with zero attached hydrogens (tertiary/aromatic N) is 3. The Morgan fingerprint density at radius 3 is 2.53 bits per heavy atom. The van der Waals surface area contributed by atoms with E-state index in [0.29, 0.717) is 31.9 Å². The number of rotatable bonds is 5. The molecule has 2 aliphatic rings. The summed E-state index contributed by atoms with van der Waals surface area (Å²) in [7, 11) is 0. The number of halogens is 1. The maximum Gasteiger partial charge on any atom is 0.295 e. The van der Waals surface area contributed by atoms with Crippen LogP contribution in [-0.4, -0.2) is 71.0 Å². The van der Waals surface area contributed by atoms with Crippen LogP contribution in [0.25, 0.3) is 5.76 Å². The third kappa shape index (κ3) is 3.96. The van der Waals surface area contributed by atoms with E-state index in [9.17, 15) is 19.1 Å². The summed E-state index contributed by atoms with van der Waals surface area (Å²) >= 11 is 0. The fourth-order valence-electron chi connectivity index (χ4n) is 3.83. The highest BCUT2D eigenvalue weighted by atomic mass is 19.1. The van der Waals surface area contributed by atoms with Crippen molar-refractivity contribution in [2.24, 2.45) is 0 Å². The van der Waals surface area contributed by atoms with Gasteiger partial charge in [0.2, 0.25) is 0 Å². The first kappa shape index (κ1) is 20.2. The maximum absolute atomic E-state index is 13.3. The summed E-state index contributed by atoms with van der Waals surface area (Å²) in [6, 6.07) is 7.88. The van der Waals surface area contributed by atoms with Crippen molar-refractivity contribution in [3.8, 4) is 0 Å². The van der Waals surface area contributed by atoms with Gasteiger partial charge in [0.1, 0.15) is 11.6 Å². The summed E-state index contributed by atoms with van der Waals surface area (Å²) in [4.78, 5) is 33.5. The molecule has 0 saturated carbocycles. The summed E-state index contributed by atoms with van der Waals surface area (Å²) < 4.78 is 18.7. The van der Waals surface area contributed by atoms with Crippen LogP contribution in [0.2, 0.25) is 0 Å². The molecule has 2 saturated heterocycles. The molecule has 0 spiro atoms. The number of benzene rings is 1. The van der Waals surface area contributed by atoms with Gasteiger partial charge in [-0.15, -0.1) is 0 Å². The van der Waals surface area contributed by atoms with Crippen LogP contribution in [0.1, 0.15) is 17.2 Å². The number of amides is 1. The smallest absolute Gasteiger partial charge is 0.295 e. The molecule has 1 aromatic heterocycles. The van der Waals surface area contributed by atoms with Crippen molar-refractivity contribution in [2.75, 3.05) is 39.4 Å². The Morgan fingerprint density at radius 1 is 1.13 bits per heavy atom. The molecular formula is C22H22FN3O4. The molecule has 7 nitrogen and oxygen atoms in total. The Balaban J connectivity index is 1.71. The van der Waals surface area contributed by atoms with Crippen LogP contribution in [0.4, 0.5) is 4.39 Å². The lowest BCUT2D eigenvalue weighted by Crippen LogP contribution is -2.42. The fourth-order valence-corrected chi connectivity index (χ4v) is 3.83. The van der Waals surface area contributed by atoms with Crippen molar-refractivity contribution < 1.29 is 23.8 Å². The molecule has 1 amide bonds. The number of carbonyl (C=O) groups is 2. The molecular weight excluding hydrogens is 389 g/mol. The third-order valence-corrected chi connectivity index (χ3v) is 5.42. The van der Waals surface area contributed by atoms with Gasteiger partial charge in [0.25, 0.3) is 11.7 Å². The summed E-state index contributed by atoms with van der Waals surface area (Å²) in [5.74, 6) is -2.20. The zero-order valence-corrected chi connectivity index (χ0v) is 16.3. The highest BCUT2D eigenvalue weighted by Gasteiger charge is 2.46. The topological polar surface area (TPSA) is 83.0 Å². The first-order chi connectivity index (χ1) is 14.6. The third-order valence-electron chi connectivity index (χ3n) is 5.42. The van der Waals surface area contributed by atoms with Crippen LogP contribution in [0.5, 0.6) is 0 Å². The normalized spacial score (nSPS) is 21.9. The van der Waals surface area contributed by atoms with Crippen LogP contribution < -0.4 is 0 Å². The number of morpholine rings is 1. The summed E-state index contributed by atoms with van der Waals surface area (Å²) in [6.07, 6.45) is 3.18. The molecule has 2 fully saturated rings. The molecule has 3 heterocycles. The van der Waals surface area contributed by atoms with E-state index < -0.39 is 23.5 Å². The lowest BCUT2D eigenvalue weighted by molar-refractivity contribution is -0.140. The zero-order valence-electron chi connectivity index (χ0n) is 16.3. The minimum atomic E-state index is -0.759. The van der Waals surface area contributed by atoms with Gasteiger partial charge in [0.05, 0.1) is 24.8 Å². The van der Waals surface area contributed by atoms with Crippen LogP contribution in [0, 0.1) is 5.82 Å². The lowest BCUT2D eigenvalue weighted by atomic mass is 9.96. The molecule has 8 heteroatoms. The van der Waals surface area contributed by atoms with Gasteiger partial charge >= 0.3 is 0 Å². The molecule has 156 valence electrons. The number of carbonyl (C=O) groups excluding carboxylic acids is 2. The Labute approximate surface area is 173 Å². The van der Waals surface area contributed by atoms with Gasteiger partial charge < -0.3 is 14.7 Å². The lowest BCUT2D eigenvalue weighted by Gasteiger charge is -2.30. The van der Waals surface area contributed by atoms with E-state index in [4.69, 9.17) is 4.74 Å². The molecule has 0 bridgehead atoms. The van der Waals surface area contributed by atoms with Crippen molar-refractivity contribution in [3.05, 3.63) is 71.3 Å². The number of ketones is 1. The van der Waals surface area contributed by atoms with E-state index in [1.165, 1.54) is 29.2 Å². The second-order valence-electron chi connectivity index (χ2n) is 7.24. The highest BCUT2D eigenvalue weighted by Crippen LogP contribution is 2.38. The number of aromatic nitrogens is 1. The Bertz CT molecular complexity index is 956. The Morgan fingerprint density at radius 2 is 1.87 bits per heavy atom. The Hall–Kier alpha value is -3.10. The van der Waals surface area contributed by atoms with E-state index in [0.717, 1.165) is 13.1 Å². The molecule has 1 atom stereocenters. The van der Waals surface area contributed by atoms with Crippen molar-refractivity contribution in [1.82, 2.24) is 14.8 Å². The largest absolute Gasteiger partial charge is 0.507 e. The van der Waals surface area contributed by atoms with Crippen LogP contribution in [0.15, 0.2) is 54.4 Å². The zero-order chi connectivity index (χ0) is 21.1. The highest BCUT2D eigenvalue weighted by molar-refractivity contribution is 6.46. The second kappa shape index (κ2) is 8.73. The number of Topliss-reactive ketones (excluding diaryl/α,β-unsaturated/α-hetero) is 1. The van der Waals surface area contributed by atoms with Crippen LogP contribution in [-0.2, 0) is 14.3 Å². The van der Waals surface area contributed by atoms with Crippen LogP contribution in [0.3, 0.4) is 0 Å². The van der Waals surface area contributed by atoms with Crippen LogP contribution >= 0.6 is 0 Å². The number of ether oxygens (including phenoxy) is 1. The van der Waals surface area contributed by atoms with Gasteiger partial charge in [-0.25, -0.2) is 4.39 Å². The van der Waals surface area contributed by atoms with E-state index in [-0.39, 0.29) is 16.9 Å². The summed E-state index contributed by atoms with van der Waals surface area (Å²) in [5, 5.41) is 10.9. The number of pyridine rings is 1. The molecule has 4 rings (SSSR count). The van der Waals surface area contributed by atoms with Gasteiger partial charge in [-0.1, -0.05) is 6.07 Å². The minimum absolute atomic E-state index is 0.0124. The quantitative estimate of drug-likeness (QED) is 0.460. The first-order valence-corrected chi connectivity index (χ1v) is 9.80. The van der Waals surface area contributed by atoms with Gasteiger partial charge in [-0.2, -0.15) is 0 Å². The van der Waals surface area contributed by atoms with Gasteiger partial charge in [0.15, 0.2) is 0 Å². The number of hydrogen-bond donors (Lipinski definition) is 1. The summed E-state index contributed by atoms with van der Waals surface area (Å²) in [5.41, 5.74) is 0.889. The molecule has 2 aliphatic heterocycles. The first-order valence-electron chi connectivity index (χ1n) is 9.80. The summed E-state index contributed by atoms with van der Waals surface area (Å²) in [6.45, 7) is 3.70. The monoisotopic (exact) mass is 411 g/mol. The minimum Gasteiger partial charge on any atom is -0.507 e. The Kier molecular flexibility index (Phi) is 5.87. The van der Waals surface area contributed by atoms with Crippen molar-refractivity contribution >= 4 is 17.4 Å². The molecule has 0 radical (unpaired) electrons. The number of aliphatic hydroxyl groups excluding tert-OH is 1. The fraction of sp³-hybridized carbons (Fsp3) is 0.318. The van der Waals surface area contributed by atoms with E-state index in [1.54, 1.807) is 24.5 Å². The standard InChI is InChI=1S/C22H22FN3O4/c23-17-5-3-15(4-6-17)20(27)18-19(16-2-1-7-24-14-16)26(22(29)21(18)28)9-8-25-10-12-30-13-11-25/h1-7,14,19,27H,8-13H2/b20-18+/t19-/m0/s1. The molecule has 1 N–H and O–H groups in total. The van der Waals surface area contributed by atoms with Gasteiger partial charge in [-0.3, -0.25) is 19.5 Å². The number of aliphatic hydroxyl groups is 1. The molecule has 1 aromatic carbocycles. The number of hydrogen-bond acceptors (Lipinski definition) is 6. The van der Waals surface area contributed by atoms with Gasteiger partial charge in [0, 0.05) is 44.1 Å². The van der Waals surface area contributed by atoms with E-state index >= 15 is 0 Å². The van der Waals surface area contributed by atoms with Crippen molar-refractivity contribution in [2.45, 2.75) is 6.04 Å². The number of likely N-dealkylation sites (tertiary alicyclic amines) is 1. The van der Waals surface area contributed by atoms with Gasteiger partial charge in [-0.05, 0) is 35.9 Å². The molecule has 0 aliphatic carbocycles. The van der Waals surface area contributed by atoms with E-state index in [1.807, 2.05) is 0 Å². The van der Waals surface area contributed by atoms with E-state index in [2.05, 4.69) is 9.88 Å². The predicted octanol–water partition coefficient (Wildman–Crippen LogP) is 1.97. The predicted molar refractivity (Wildman–Crippen MR) is 107 cm³/mol.